The van der Waals surface area contributed by atoms with Crippen LogP contribution in [-0.4, -0.2) is 11.3 Å². The van der Waals surface area contributed by atoms with Crippen molar-refractivity contribution in [3.63, 3.8) is 0 Å². The fraction of sp³-hybridized carbons (Fsp3) is 0. The van der Waals surface area contributed by atoms with Gasteiger partial charge in [-0.3, -0.25) is 9.78 Å². The fourth-order valence-corrected chi connectivity index (χ4v) is 1.34. The number of hydrogen-bond donors (Lipinski definition) is 0. The van der Waals surface area contributed by atoms with Crippen LogP contribution in [-0.2, 0) is 0 Å². The SMILES string of the molecule is O=Cc1ccccc1-c1cc[c]nc1. The Balaban J connectivity index is 2.57. The minimum absolute atomic E-state index is 0.681. The van der Waals surface area contributed by atoms with Crippen molar-refractivity contribution in [2.24, 2.45) is 0 Å². The van der Waals surface area contributed by atoms with Gasteiger partial charge in [-0.2, -0.15) is 0 Å². The Labute approximate surface area is 82.2 Å². The summed E-state index contributed by atoms with van der Waals surface area (Å²) in [6.45, 7) is 0. The van der Waals surface area contributed by atoms with E-state index in [9.17, 15) is 4.79 Å². The number of aldehydes is 1. The Morgan fingerprint density at radius 1 is 1.21 bits per heavy atom. The van der Waals surface area contributed by atoms with Crippen LogP contribution in [0.1, 0.15) is 10.4 Å². The van der Waals surface area contributed by atoms with E-state index in [1.54, 1.807) is 18.3 Å². The number of aromatic nitrogens is 1. The zero-order chi connectivity index (χ0) is 9.80. The quantitative estimate of drug-likeness (QED) is 0.667. The predicted molar refractivity (Wildman–Crippen MR) is 53.9 cm³/mol. The van der Waals surface area contributed by atoms with Crippen LogP contribution in [0.25, 0.3) is 11.1 Å². The van der Waals surface area contributed by atoms with Crippen LogP contribution in [0.5, 0.6) is 0 Å². The van der Waals surface area contributed by atoms with E-state index in [0.29, 0.717) is 5.56 Å². The topological polar surface area (TPSA) is 30.0 Å². The van der Waals surface area contributed by atoms with Crippen LogP contribution in [0.4, 0.5) is 0 Å². The summed E-state index contributed by atoms with van der Waals surface area (Å²) in [5.74, 6) is 0. The molecule has 1 aromatic heterocycles. The molecule has 0 unspecified atom stereocenters. The van der Waals surface area contributed by atoms with Crippen LogP contribution in [0.2, 0.25) is 0 Å². The monoisotopic (exact) mass is 182 g/mol. The molecule has 0 N–H and O–H groups in total. The van der Waals surface area contributed by atoms with Gasteiger partial charge in [-0.05, 0) is 11.6 Å². The van der Waals surface area contributed by atoms with Crippen molar-refractivity contribution in [2.45, 2.75) is 0 Å². The summed E-state index contributed by atoms with van der Waals surface area (Å²) in [6, 6.07) is 11.1. The van der Waals surface area contributed by atoms with Crippen LogP contribution in [0.3, 0.4) is 0 Å². The van der Waals surface area contributed by atoms with Gasteiger partial charge in [-0.25, -0.2) is 0 Å². The Morgan fingerprint density at radius 2 is 2.07 bits per heavy atom. The Kier molecular flexibility index (Phi) is 2.36. The van der Waals surface area contributed by atoms with Crippen molar-refractivity contribution in [3.8, 4) is 11.1 Å². The smallest absolute Gasteiger partial charge is 0.150 e. The van der Waals surface area contributed by atoms with E-state index in [1.807, 2.05) is 24.3 Å². The molecule has 0 spiro atoms. The van der Waals surface area contributed by atoms with Crippen molar-refractivity contribution in [2.75, 3.05) is 0 Å². The van der Waals surface area contributed by atoms with Crippen molar-refractivity contribution in [3.05, 3.63) is 54.4 Å². The lowest BCUT2D eigenvalue weighted by Crippen LogP contribution is -1.86. The summed E-state index contributed by atoms with van der Waals surface area (Å²) >= 11 is 0. The molecule has 2 rings (SSSR count). The van der Waals surface area contributed by atoms with Crippen molar-refractivity contribution >= 4 is 6.29 Å². The highest BCUT2D eigenvalue weighted by Gasteiger charge is 2.02. The van der Waals surface area contributed by atoms with Crippen molar-refractivity contribution in [1.82, 2.24) is 4.98 Å². The third-order valence-electron chi connectivity index (χ3n) is 2.01. The lowest BCUT2D eigenvalue weighted by molar-refractivity contribution is 0.112. The van der Waals surface area contributed by atoms with Crippen LogP contribution < -0.4 is 0 Å². The number of benzene rings is 1. The molecule has 0 aliphatic carbocycles. The zero-order valence-electron chi connectivity index (χ0n) is 7.47. The lowest BCUT2D eigenvalue weighted by atomic mass is 10.0. The largest absolute Gasteiger partial charge is 0.298 e. The van der Waals surface area contributed by atoms with E-state index in [0.717, 1.165) is 17.4 Å². The molecule has 0 saturated carbocycles. The average molecular weight is 182 g/mol. The van der Waals surface area contributed by atoms with Crippen molar-refractivity contribution < 1.29 is 4.79 Å². The molecule has 0 amide bonds. The lowest BCUT2D eigenvalue weighted by Gasteiger charge is -2.02. The molecule has 14 heavy (non-hydrogen) atoms. The summed E-state index contributed by atoms with van der Waals surface area (Å²) in [5, 5.41) is 0. The van der Waals surface area contributed by atoms with Gasteiger partial charge in [0, 0.05) is 17.3 Å². The molecule has 67 valence electrons. The molecule has 0 aliphatic heterocycles. The van der Waals surface area contributed by atoms with Gasteiger partial charge in [0.1, 0.15) is 0 Å². The maximum absolute atomic E-state index is 10.8. The van der Waals surface area contributed by atoms with Gasteiger partial charge in [-0.15, -0.1) is 0 Å². The first kappa shape index (κ1) is 8.63. The molecule has 1 radical (unpaired) electrons. The number of carbonyl (C=O) groups is 1. The number of rotatable bonds is 2. The summed E-state index contributed by atoms with van der Waals surface area (Å²) < 4.78 is 0. The minimum Gasteiger partial charge on any atom is -0.298 e. The highest BCUT2D eigenvalue weighted by molar-refractivity contribution is 5.87. The van der Waals surface area contributed by atoms with E-state index in [2.05, 4.69) is 11.2 Å². The Bertz CT molecular complexity index is 437. The number of hydrogen-bond acceptors (Lipinski definition) is 2. The maximum atomic E-state index is 10.8. The zero-order valence-corrected chi connectivity index (χ0v) is 7.47. The van der Waals surface area contributed by atoms with Gasteiger partial charge in [0.25, 0.3) is 0 Å². The maximum Gasteiger partial charge on any atom is 0.150 e. The molecule has 0 atom stereocenters. The fourth-order valence-electron chi connectivity index (χ4n) is 1.34. The third-order valence-corrected chi connectivity index (χ3v) is 2.01. The molecule has 1 aromatic carbocycles. The standard InChI is InChI=1S/C12H8NO/c14-9-11-4-1-2-6-12(11)10-5-3-7-13-8-10/h1-6,8-9H. The summed E-state index contributed by atoms with van der Waals surface area (Å²) in [7, 11) is 0. The third kappa shape index (κ3) is 1.55. The minimum atomic E-state index is 0.681. The molecule has 0 fully saturated rings. The normalized spacial score (nSPS) is 9.71. The van der Waals surface area contributed by atoms with Crippen molar-refractivity contribution in [1.29, 1.82) is 0 Å². The Hall–Kier alpha value is -1.96. The molecule has 0 saturated heterocycles. The van der Waals surface area contributed by atoms with Gasteiger partial charge < -0.3 is 0 Å². The molecule has 2 aromatic rings. The second kappa shape index (κ2) is 3.83. The molecule has 0 aliphatic rings. The van der Waals surface area contributed by atoms with E-state index >= 15 is 0 Å². The van der Waals surface area contributed by atoms with Crippen LogP contribution in [0.15, 0.2) is 42.6 Å². The number of carbonyl (C=O) groups excluding carboxylic acids is 1. The van der Waals surface area contributed by atoms with Gasteiger partial charge in [0.2, 0.25) is 0 Å². The summed E-state index contributed by atoms with van der Waals surface area (Å²) in [6.07, 6.45) is 5.25. The van der Waals surface area contributed by atoms with Crippen LogP contribution in [0, 0.1) is 6.20 Å². The average Bonchev–Trinajstić information content (AvgIpc) is 2.30. The highest BCUT2D eigenvalue weighted by Crippen LogP contribution is 2.20. The number of nitrogens with zero attached hydrogens (tertiary/aromatic N) is 1. The first-order valence-electron chi connectivity index (χ1n) is 4.28. The summed E-state index contributed by atoms with van der Waals surface area (Å²) in [5.41, 5.74) is 2.52. The molecule has 0 bridgehead atoms. The molecule has 1 heterocycles. The van der Waals surface area contributed by atoms with Crippen LogP contribution >= 0.6 is 0 Å². The van der Waals surface area contributed by atoms with Gasteiger partial charge >= 0.3 is 0 Å². The predicted octanol–water partition coefficient (Wildman–Crippen LogP) is 2.36. The van der Waals surface area contributed by atoms with E-state index in [1.165, 1.54) is 0 Å². The van der Waals surface area contributed by atoms with Gasteiger partial charge in [0.15, 0.2) is 6.29 Å². The second-order valence-corrected chi connectivity index (χ2v) is 2.88. The number of pyridine rings is 1. The molecular weight excluding hydrogens is 174 g/mol. The van der Waals surface area contributed by atoms with E-state index < -0.39 is 0 Å². The first-order chi connectivity index (χ1) is 6.92. The second-order valence-electron chi connectivity index (χ2n) is 2.88. The highest BCUT2D eigenvalue weighted by atomic mass is 16.1. The molecular formula is C12H8NO. The van der Waals surface area contributed by atoms with E-state index in [-0.39, 0.29) is 0 Å². The van der Waals surface area contributed by atoms with E-state index in [4.69, 9.17) is 0 Å². The van der Waals surface area contributed by atoms with Gasteiger partial charge in [0.05, 0.1) is 6.20 Å². The summed E-state index contributed by atoms with van der Waals surface area (Å²) in [4.78, 5) is 14.7. The Morgan fingerprint density at radius 3 is 2.79 bits per heavy atom. The first-order valence-corrected chi connectivity index (χ1v) is 4.28. The molecule has 2 heteroatoms. The van der Waals surface area contributed by atoms with Gasteiger partial charge in [-0.1, -0.05) is 30.3 Å². The molecule has 2 nitrogen and oxygen atoms in total.